The second-order valence-electron chi connectivity index (χ2n) is 7.51. The zero-order valence-electron chi connectivity index (χ0n) is 14.3. The molecule has 1 saturated carbocycles. The maximum atomic E-state index is 12.9. The normalized spacial score (nSPS) is 38.2. The number of esters is 1. The van der Waals surface area contributed by atoms with Crippen molar-refractivity contribution in [2.24, 2.45) is 17.8 Å². The van der Waals surface area contributed by atoms with Gasteiger partial charge >= 0.3 is 150 Å². The zero-order valence-corrected chi connectivity index (χ0v) is 16.0. The van der Waals surface area contributed by atoms with Crippen molar-refractivity contribution in [1.82, 2.24) is 0 Å². The molecule has 1 aromatic rings. The molecule has 1 heterocycles. The van der Waals surface area contributed by atoms with Gasteiger partial charge in [0.15, 0.2) is 0 Å². The van der Waals surface area contributed by atoms with Crippen molar-refractivity contribution in [2.75, 3.05) is 0 Å². The first-order valence-electron chi connectivity index (χ1n) is 8.80. The Morgan fingerprint density at radius 2 is 2.04 bits per heavy atom. The van der Waals surface area contributed by atoms with E-state index in [0.29, 0.717) is 11.8 Å². The molecule has 0 aromatic heterocycles. The van der Waals surface area contributed by atoms with E-state index in [2.05, 4.69) is 50.8 Å². The van der Waals surface area contributed by atoms with E-state index in [1.807, 2.05) is 6.07 Å². The molecule has 0 unspecified atom stereocenters. The average Bonchev–Trinajstić information content (AvgIpc) is 3.00. The van der Waals surface area contributed by atoms with Crippen LogP contribution in [0, 0.1) is 17.8 Å². The fourth-order valence-electron chi connectivity index (χ4n) is 4.73. The van der Waals surface area contributed by atoms with Gasteiger partial charge in [0.05, 0.1) is 0 Å². The first kappa shape index (κ1) is 16.2. The molecular formula is C21H24O2Se. The summed E-state index contributed by atoms with van der Waals surface area (Å²) in [6.07, 6.45) is 5.58. The molecular weight excluding hydrogens is 363 g/mol. The molecule has 3 heteroatoms. The van der Waals surface area contributed by atoms with Crippen LogP contribution in [-0.2, 0) is 9.53 Å². The molecule has 0 bridgehead atoms. The van der Waals surface area contributed by atoms with E-state index < -0.39 is 0 Å². The zero-order chi connectivity index (χ0) is 16.9. The van der Waals surface area contributed by atoms with Crippen LogP contribution >= 0.6 is 0 Å². The summed E-state index contributed by atoms with van der Waals surface area (Å²) in [7, 11) is 0. The van der Waals surface area contributed by atoms with Gasteiger partial charge < -0.3 is 0 Å². The van der Waals surface area contributed by atoms with E-state index in [9.17, 15) is 4.79 Å². The number of allylic oxidation sites excluding steroid dienone is 2. The molecule has 2 aliphatic carbocycles. The van der Waals surface area contributed by atoms with Gasteiger partial charge in [-0.15, -0.1) is 0 Å². The SMILES string of the molecule is C=C1CC[C@H]2C(C)=CC[C@@H]3[C@H](OC(=O)[C@]3(C)[Se]c3ccccc3)[C@@H]12. The Morgan fingerprint density at radius 3 is 2.79 bits per heavy atom. The molecule has 1 aromatic carbocycles. The van der Waals surface area contributed by atoms with Gasteiger partial charge in [0, 0.05) is 0 Å². The van der Waals surface area contributed by atoms with E-state index >= 15 is 0 Å². The van der Waals surface area contributed by atoms with Gasteiger partial charge in [-0.1, -0.05) is 0 Å². The molecule has 0 radical (unpaired) electrons. The van der Waals surface area contributed by atoms with E-state index in [-0.39, 0.29) is 37.3 Å². The number of carbonyl (C=O) groups excluding carboxylic acids is 1. The standard InChI is InChI=1S/C21H24O2Se/c1-13-10-12-17-19(18-14(2)9-11-16(13)18)23-20(22)21(17,3)24-15-7-5-4-6-8-15/h4-8,10,16-19H,2,9,11-12H2,1,3H3/t16-,17+,18-,19-,21+/m0/s1. The van der Waals surface area contributed by atoms with Crippen LogP contribution in [0.15, 0.2) is 54.1 Å². The van der Waals surface area contributed by atoms with Gasteiger partial charge in [-0.05, 0) is 0 Å². The van der Waals surface area contributed by atoms with Crippen LogP contribution in [0.3, 0.4) is 0 Å². The topological polar surface area (TPSA) is 26.3 Å². The molecule has 24 heavy (non-hydrogen) atoms. The fraction of sp³-hybridized carbons (Fsp3) is 0.476. The number of rotatable bonds is 2. The molecule has 1 saturated heterocycles. The van der Waals surface area contributed by atoms with Crippen molar-refractivity contribution >= 4 is 25.4 Å². The molecule has 5 atom stereocenters. The summed E-state index contributed by atoms with van der Waals surface area (Å²) >= 11 is 0.0757. The van der Waals surface area contributed by atoms with Crippen LogP contribution in [0.1, 0.15) is 33.1 Å². The Morgan fingerprint density at radius 1 is 1.29 bits per heavy atom. The molecule has 0 spiro atoms. The summed E-state index contributed by atoms with van der Waals surface area (Å²) in [6, 6.07) is 10.4. The molecule has 2 nitrogen and oxygen atoms in total. The monoisotopic (exact) mass is 388 g/mol. The summed E-state index contributed by atoms with van der Waals surface area (Å²) in [5, 5.41) is 0. The van der Waals surface area contributed by atoms with Gasteiger partial charge in [-0.3, -0.25) is 0 Å². The van der Waals surface area contributed by atoms with Crippen LogP contribution < -0.4 is 4.46 Å². The minimum atomic E-state index is -0.381. The summed E-state index contributed by atoms with van der Waals surface area (Å²) in [4.78, 5) is 12.9. The third-order valence-electron chi connectivity index (χ3n) is 6.14. The molecule has 0 N–H and O–H groups in total. The Hall–Kier alpha value is -1.31. The quantitative estimate of drug-likeness (QED) is 0.440. The number of ether oxygens (including phenoxy) is 1. The minimum absolute atomic E-state index is 0.00718. The number of fused-ring (bicyclic) bond motifs is 3. The number of benzene rings is 1. The third kappa shape index (κ3) is 2.41. The van der Waals surface area contributed by atoms with Crippen molar-refractivity contribution in [3.63, 3.8) is 0 Å². The Labute approximate surface area is 150 Å². The van der Waals surface area contributed by atoms with Crippen LogP contribution in [0.4, 0.5) is 0 Å². The first-order chi connectivity index (χ1) is 11.5. The van der Waals surface area contributed by atoms with Gasteiger partial charge in [0.1, 0.15) is 0 Å². The molecule has 2 fully saturated rings. The van der Waals surface area contributed by atoms with Gasteiger partial charge in [0.2, 0.25) is 0 Å². The van der Waals surface area contributed by atoms with E-state index in [1.165, 1.54) is 15.6 Å². The third-order valence-corrected chi connectivity index (χ3v) is 9.08. The Kier molecular flexibility index (Phi) is 3.97. The van der Waals surface area contributed by atoms with E-state index in [0.717, 1.165) is 19.3 Å². The van der Waals surface area contributed by atoms with Crippen molar-refractivity contribution < 1.29 is 9.53 Å². The predicted octanol–water partition coefficient (Wildman–Crippen LogP) is 3.67. The second-order valence-corrected chi connectivity index (χ2v) is 10.7. The van der Waals surface area contributed by atoms with Crippen LogP contribution in [-0.4, -0.2) is 27.0 Å². The van der Waals surface area contributed by atoms with Gasteiger partial charge in [-0.25, -0.2) is 0 Å². The van der Waals surface area contributed by atoms with E-state index in [4.69, 9.17) is 4.74 Å². The number of hydrogen-bond donors (Lipinski definition) is 0. The van der Waals surface area contributed by atoms with Crippen molar-refractivity contribution in [1.29, 1.82) is 0 Å². The van der Waals surface area contributed by atoms with Crippen molar-refractivity contribution in [2.45, 2.75) is 43.5 Å². The Bertz CT molecular complexity index is 708. The van der Waals surface area contributed by atoms with Crippen molar-refractivity contribution in [3.8, 4) is 0 Å². The number of carbonyl (C=O) groups is 1. The summed E-state index contributed by atoms with van der Waals surface area (Å²) in [5.74, 6) is 1.12. The van der Waals surface area contributed by atoms with Crippen LogP contribution in [0.5, 0.6) is 0 Å². The Balaban J connectivity index is 1.71. The maximum absolute atomic E-state index is 12.9. The summed E-state index contributed by atoms with van der Waals surface area (Å²) < 4.78 is 6.94. The molecule has 126 valence electrons. The fourth-order valence-corrected chi connectivity index (χ4v) is 7.45. The average molecular weight is 387 g/mol. The van der Waals surface area contributed by atoms with Crippen LogP contribution in [0.25, 0.3) is 0 Å². The molecule has 3 aliphatic rings. The molecule has 4 rings (SSSR count). The van der Waals surface area contributed by atoms with Crippen LogP contribution in [0.2, 0.25) is 4.31 Å². The number of hydrogen-bond acceptors (Lipinski definition) is 2. The predicted molar refractivity (Wildman–Crippen MR) is 97.3 cm³/mol. The first-order valence-corrected chi connectivity index (χ1v) is 10.5. The van der Waals surface area contributed by atoms with Gasteiger partial charge in [0.25, 0.3) is 0 Å². The van der Waals surface area contributed by atoms with Gasteiger partial charge in [-0.2, -0.15) is 0 Å². The van der Waals surface area contributed by atoms with E-state index in [1.54, 1.807) is 0 Å². The second kappa shape index (κ2) is 5.89. The molecule has 0 amide bonds. The summed E-state index contributed by atoms with van der Waals surface area (Å²) in [5.41, 5.74) is 2.76. The molecule has 1 aliphatic heterocycles. The summed E-state index contributed by atoms with van der Waals surface area (Å²) in [6.45, 7) is 8.70. The van der Waals surface area contributed by atoms with Crippen molar-refractivity contribution in [3.05, 3.63) is 54.1 Å².